The van der Waals surface area contributed by atoms with Gasteiger partial charge < -0.3 is 25.3 Å². The zero-order valence-electron chi connectivity index (χ0n) is 24.4. The molecule has 7 nitrogen and oxygen atoms in total. The van der Waals surface area contributed by atoms with Crippen LogP contribution in [0.1, 0.15) is 56.9 Å². The molecule has 0 atom stereocenters. The highest BCUT2D eigenvalue weighted by Crippen LogP contribution is 2.39. The number of benzene rings is 2. The van der Waals surface area contributed by atoms with Gasteiger partial charge in [-0.25, -0.2) is 0 Å². The summed E-state index contributed by atoms with van der Waals surface area (Å²) in [6.45, 7) is 6.59. The van der Waals surface area contributed by atoms with Gasteiger partial charge in [0.05, 0.1) is 0 Å². The molecule has 1 saturated carbocycles. The van der Waals surface area contributed by atoms with Crippen LogP contribution in [0.5, 0.6) is 0 Å². The van der Waals surface area contributed by atoms with Gasteiger partial charge in [0.25, 0.3) is 0 Å². The average Bonchev–Trinajstić information content (AvgIpc) is 3.05. The van der Waals surface area contributed by atoms with Crippen molar-refractivity contribution in [2.24, 2.45) is 0 Å². The van der Waals surface area contributed by atoms with Crippen molar-refractivity contribution in [3.05, 3.63) is 71.2 Å². The van der Waals surface area contributed by atoms with Crippen molar-refractivity contribution in [1.82, 2.24) is 15.3 Å². The molecule has 42 heavy (non-hydrogen) atoms. The number of nitrogens with one attached hydrogen (secondary N) is 2. The molecule has 0 amide bonds. The van der Waals surface area contributed by atoms with Crippen LogP contribution in [0.3, 0.4) is 0 Å². The summed E-state index contributed by atoms with van der Waals surface area (Å²) >= 11 is 12.1. The third kappa shape index (κ3) is 6.92. The second-order valence-corrected chi connectivity index (χ2v) is 12.8. The predicted molar refractivity (Wildman–Crippen MR) is 179 cm³/mol. The number of hydrogen-bond acceptors (Lipinski definition) is 6. The third-order valence-electron chi connectivity index (χ3n) is 9.18. The van der Waals surface area contributed by atoms with Gasteiger partial charge in [-0.3, -0.25) is 0 Å². The maximum atomic E-state index is 6.22. The Balaban J connectivity index is 1.16. The molecule has 9 heteroatoms. The van der Waals surface area contributed by atoms with Crippen molar-refractivity contribution in [2.75, 3.05) is 65.8 Å². The minimum absolute atomic E-state index is 0.0503. The van der Waals surface area contributed by atoms with E-state index in [1.54, 1.807) is 0 Å². The first-order chi connectivity index (χ1) is 20.6. The van der Waals surface area contributed by atoms with Gasteiger partial charge in [-0.15, -0.1) is 0 Å². The lowest BCUT2D eigenvalue weighted by atomic mass is 9.69. The lowest BCUT2D eigenvalue weighted by Crippen LogP contribution is -2.47. The summed E-state index contributed by atoms with van der Waals surface area (Å²) in [5.41, 5.74) is 2.67. The zero-order chi connectivity index (χ0) is 28.8. The lowest BCUT2D eigenvalue weighted by Gasteiger charge is -2.38. The fraction of sp³-hybridized carbons (Fsp3) is 0.485. The predicted octanol–water partition coefficient (Wildman–Crippen LogP) is 6.64. The van der Waals surface area contributed by atoms with Crippen LogP contribution >= 0.6 is 23.8 Å². The van der Waals surface area contributed by atoms with Crippen LogP contribution < -0.4 is 25.3 Å². The molecule has 1 aromatic heterocycles. The van der Waals surface area contributed by atoms with E-state index in [-0.39, 0.29) is 5.41 Å². The van der Waals surface area contributed by atoms with E-state index in [4.69, 9.17) is 33.8 Å². The second kappa shape index (κ2) is 13.5. The molecule has 3 aromatic rings. The molecule has 0 bridgehead atoms. The van der Waals surface area contributed by atoms with Crippen molar-refractivity contribution in [3.63, 3.8) is 0 Å². The highest BCUT2D eigenvalue weighted by atomic mass is 35.5. The minimum atomic E-state index is 0.0503. The van der Waals surface area contributed by atoms with Gasteiger partial charge in [-0.2, -0.15) is 9.97 Å². The lowest BCUT2D eigenvalue weighted by molar-refractivity contribution is 0.292. The molecule has 0 unspecified atom stereocenters. The Hall–Kier alpha value is -3.10. The number of hydrogen-bond donors (Lipinski definition) is 2. The Morgan fingerprint density at radius 3 is 2.00 bits per heavy atom. The maximum absolute atomic E-state index is 6.22. The van der Waals surface area contributed by atoms with E-state index >= 15 is 0 Å². The summed E-state index contributed by atoms with van der Waals surface area (Å²) < 4.78 is 0. The first-order valence-corrected chi connectivity index (χ1v) is 16.4. The average molecular weight is 604 g/mol. The minimum Gasteiger partial charge on any atom is -0.368 e. The topological polar surface area (TPSA) is 59.6 Å². The van der Waals surface area contributed by atoms with Crippen LogP contribution in [0.2, 0.25) is 5.02 Å². The molecule has 0 radical (unpaired) electrons. The van der Waals surface area contributed by atoms with E-state index < -0.39 is 0 Å². The molecule has 2 saturated heterocycles. The summed E-state index contributed by atoms with van der Waals surface area (Å²) in [6.07, 6.45) is 9.71. The van der Waals surface area contributed by atoms with Crippen LogP contribution in [-0.4, -0.2) is 60.9 Å². The SMILES string of the molecule is S=C(NCC1(c2ccc(Cl)cc2)CCCCC1)Nc1nc(N2CCCCC2)cc(N2CCN(c3ccccc3)CC2)n1. The van der Waals surface area contributed by atoms with Gasteiger partial charge in [0, 0.05) is 68.0 Å². The molecular weight excluding hydrogens is 562 g/mol. The van der Waals surface area contributed by atoms with Crippen molar-refractivity contribution in [1.29, 1.82) is 0 Å². The number of para-hydroxylation sites is 1. The van der Waals surface area contributed by atoms with E-state index in [0.29, 0.717) is 11.1 Å². The highest BCUT2D eigenvalue weighted by Gasteiger charge is 2.34. The summed E-state index contributed by atoms with van der Waals surface area (Å²) in [4.78, 5) is 17.2. The smallest absolute Gasteiger partial charge is 0.232 e. The molecule has 3 heterocycles. The Morgan fingerprint density at radius 2 is 1.33 bits per heavy atom. The van der Waals surface area contributed by atoms with Crippen LogP contribution in [0.15, 0.2) is 60.7 Å². The monoisotopic (exact) mass is 603 g/mol. The van der Waals surface area contributed by atoms with Gasteiger partial charge in [-0.1, -0.05) is 61.2 Å². The molecule has 2 aliphatic heterocycles. The first kappa shape index (κ1) is 29.0. The summed E-state index contributed by atoms with van der Waals surface area (Å²) in [6, 6.07) is 21.2. The van der Waals surface area contributed by atoms with E-state index in [0.717, 1.165) is 75.3 Å². The number of anilines is 4. The number of rotatable bonds is 7. The van der Waals surface area contributed by atoms with E-state index in [1.165, 1.54) is 49.8 Å². The molecule has 222 valence electrons. The van der Waals surface area contributed by atoms with Gasteiger partial charge in [0.2, 0.25) is 5.95 Å². The van der Waals surface area contributed by atoms with Crippen molar-refractivity contribution in [3.8, 4) is 0 Å². The Morgan fingerprint density at radius 1 is 0.738 bits per heavy atom. The molecule has 2 aromatic carbocycles. The van der Waals surface area contributed by atoms with E-state index in [9.17, 15) is 0 Å². The standard InChI is InChI=1S/C33H42ClN7S/c34-27-14-12-26(13-15-27)33(16-6-2-7-17-33)25-35-32(42)38-31-36-29(40-18-8-3-9-19-40)24-30(37-31)41-22-20-39(21-23-41)28-10-4-1-5-11-28/h1,4-5,10-15,24H,2-3,6-9,16-23,25H2,(H2,35,36,37,38,42). The summed E-state index contributed by atoms with van der Waals surface area (Å²) in [7, 11) is 0. The van der Waals surface area contributed by atoms with Crippen LogP contribution in [0.4, 0.5) is 23.3 Å². The Labute approximate surface area is 260 Å². The fourth-order valence-corrected chi connectivity index (χ4v) is 7.04. The van der Waals surface area contributed by atoms with Gasteiger partial charge in [0.1, 0.15) is 11.6 Å². The zero-order valence-corrected chi connectivity index (χ0v) is 26.0. The molecule has 2 N–H and O–H groups in total. The number of piperazine rings is 1. The van der Waals surface area contributed by atoms with Crippen LogP contribution in [0, 0.1) is 0 Å². The quantitative estimate of drug-likeness (QED) is 0.292. The second-order valence-electron chi connectivity index (χ2n) is 11.9. The molecule has 6 rings (SSSR count). The third-order valence-corrected chi connectivity index (χ3v) is 9.68. The number of piperidine rings is 1. The highest BCUT2D eigenvalue weighted by molar-refractivity contribution is 7.80. The largest absolute Gasteiger partial charge is 0.368 e. The molecule has 0 spiro atoms. The maximum Gasteiger partial charge on any atom is 0.232 e. The molecule has 3 aliphatic rings. The normalized spacial score (nSPS) is 18.9. The van der Waals surface area contributed by atoms with Crippen molar-refractivity contribution in [2.45, 2.75) is 56.8 Å². The number of nitrogens with zero attached hydrogens (tertiary/aromatic N) is 5. The molecule has 1 aliphatic carbocycles. The van der Waals surface area contributed by atoms with E-state index in [2.05, 4.69) is 73.9 Å². The van der Waals surface area contributed by atoms with Crippen LogP contribution in [0.25, 0.3) is 0 Å². The van der Waals surface area contributed by atoms with Crippen LogP contribution in [-0.2, 0) is 5.41 Å². The van der Waals surface area contributed by atoms with Gasteiger partial charge in [0.15, 0.2) is 5.11 Å². The van der Waals surface area contributed by atoms with Gasteiger partial charge in [-0.05, 0) is 74.2 Å². The van der Waals surface area contributed by atoms with Gasteiger partial charge >= 0.3 is 0 Å². The summed E-state index contributed by atoms with van der Waals surface area (Å²) in [5.74, 6) is 2.52. The molecular formula is C33H42ClN7S. The van der Waals surface area contributed by atoms with Crippen molar-refractivity contribution >= 4 is 52.2 Å². The summed E-state index contributed by atoms with van der Waals surface area (Å²) in [5, 5.41) is 8.27. The van der Waals surface area contributed by atoms with Crippen molar-refractivity contribution < 1.29 is 0 Å². The fourth-order valence-electron chi connectivity index (χ4n) is 6.75. The Kier molecular flexibility index (Phi) is 9.30. The number of aromatic nitrogens is 2. The molecule has 3 fully saturated rings. The Bertz CT molecular complexity index is 1320. The number of halogens is 1. The van der Waals surface area contributed by atoms with E-state index in [1.807, 2.05) is 12.1 Å². The first-order valence-electron chi connectivity index (χ1n) is 15.6. The number of thiocarbonyl (C=S) groups is 1.